The van der Waals surface area contributed by atoms with Gasteiger partial charge in [0.1, 0.15) is 23.7 Å². The SMILES string of the molecule is Cc1c(C)c2c(c(Br)c1OCc1ccccc1)CCC(C)(C)O2. The fourth-order valence-corrected chi connectivity index (χ4v) is 3.77. The molecule has 1 heterocycles. The van der Waals surface area contributed by atoms with Gasteiger partial charge in [0.25, 0.3) is 0 Å². The molecule has 0 radical (unpaired) electrons. The molecule has 0 atom stereocenters. The lowest BCUT2D eigenvalue weighted by Crippen LogP contribution is -2.33. The number of hydrogen-bond donors (Lipinski definition) is 0. The predicted molar refractivity (Wildman–Crippen MR) is 97.4 cm³/mol. The highest BCUT2D eigenvalue weighted by molar-refractivity contribution is 9.10. The summed E-state index contributed by atoms with van der Waals surface area (Å²) in [5, 5.41) is 0. The summed E-state index contributed by atoms with van der Waals surface area (Å²) in [7, 11) is 0. The van der Waals surface area contributed by atoms with E-state index in [1.165, 1.54) is 16.7 Å². The molecule has 2 aromatic rings. The highest BCUT2D eigenvalue weighted by Gasteiger charge is 2.31. The topological polar surface area (TPSA) is 18.5 Å². The van der Waals surface area contributed by atoms with Crippen LogP contribution >= 0.6 is 15.9 Å². The Kier molecular flexibility index (Phi) is 4.41. The van der Waals surface area contributed by atoms with E-state index in [-0.39, 0.29) is 5.60 Å². The first-order valence-corrected chi connectivity index (χ1v) is 8.85. The first kappa shape index (κ1) is 16.4. The number of fused-ring (bicyclic) bond motifs is 1. The molecule has 3 heteroatoms. The molecule has 1 aliphatic heterocycles. The van der Waals surface area contributed by atoms with E-state index in [1.54, 1.807) is 0 Å². The van der Waals surface area contributed by atoms with Crippen molar-refractivity contribution in [2.24, 2.45) is 0 Å². The Hall–Kier alpha value is -1.48. The van der Waals surface area contributed by atoms with Crippen molar-refractivity contribution >= 4 is 15.9 Å². The lowest BCUT2D eigenvalue weighted by Gasteiger charge is -2.35. The van der Waals surface area contributed by atoms with Gasteiger partial charge in [0.05, 0.1) is 4.47 Å². The van der Waals surface area contributed by atoms with E-state index in [4.69, 9.17) is 9.47 Å². The number of halogens is 1. The first-order chi connectivity index (χ1) is 10.9. The molecule has 0 amide bonds. The third kappa shape index (κ3) is 3.25. The monoisotopic (exact) mass is 374 g/mol. The van der Waals surface area contributed by atoms with Crippen LogP contribution in [0.15, 0.2) is 34.8 Å². The van der Waals surface area contributed by atoms with Crippen LogP contribution in [0, 0.1) is 13.8 Å². The van der Waals surface area contributed by atoms with Crippen LogP contribution in [0.5, 0.6) is 11.5 Å². The Labute approximate surface area is 146 Å². The predicted octanol–water partition coefficient (Wildman–Crippen LogP) is 5.75. The molecule has 122 valence electrons. The van der Waals surface area contributed by atoms with Crippen LogP contribution < -0.4 is 9.47 Å². The highest BCUT2D eigenvalue weighted by atomic mass is 79.9. The molecule has 0 spiro atoms. The van der Waals surface area contributed by atoms with Crippen molar-refractivity contribution in [1.82, 2.24) is 0 Å². The maximum Gasteiger partial charge on any atom is 0.137 e. The van der Waals surface area contributed by atoms with Gasteiger partial charge in [-0.25, -0.2) is 0 Å². The molecule has 0 saturated carbocycles. The lowest BCUT2D eigenvalue weighted by molar-refractivity contribution is 0.0830. The largest absolute Gasteiger partial charge is 0.487 e. The minimum atomic E-state index is -0.101. The Bertz CT molecular complexity index is 720. The maximum atomic E-state index is 6.24. The summed E-state index contributed by atoms with van der Waals surface area (Å²) >= 11 is 3.76. The molecule has 3 rings (SSSR count). The Morgan fingerprint density at radius 3 is 2.52 bits per heavy atom. The summed E-state index contributed by atoms with van der Waals surface area (Å²) in [6.45, 7) is 9.10. The molecule has 1 aliphatic rings. The summed E-state index contributed by atoms with van der Waals surface area (Å²) < 4.78 is 13.4. The molecule has 0 aromatic heterocycles. The summed E-state index contributed by atoms with van der Waals surface area (Å²) in [4.78, 5) is 0. The van der Waals surface area contributed by atoms with Gasteiger partial charge in [0.2, 0.25) is 0 Å². The van der Waals surface area contributed by atoms with Crippen LogP contribution in [-0.4, -0.2) is 5.60 Å². The first-order valence-electron chi connectivity index (χ1n) is 8.06. The van der Waals surface area contributed by atoms with Crippen LogP contribution in [0.1, 0.15) is 42.5 Å². The number of hydrogen-bond acceptors (Lipinski definition) is 2. The van der Waals surface area contributed by atoms with Gasteiger partial charge >= 0.3 is 0 Å². The maximum absolute atomic E-state index is 6.24. The summed E-state index contributed by atoms with van der Waals surface area (Å²) in [5.41, 5.74) is 4.63. The normalized spacial score (nSPS) is 15.7. The van der Waals surface area contributed by atoms with E-state index in [1.807, 2.05) is 18.2 Å². The summed E-state index contributed by atoms with van der Waals surface area (Å²) in [5.74, 6) is 1.96. The third-order valence-electron chi connectivity index (χ3n) is 4.56. The van der Waals surface area contributed by atoms with Crippen LogP contribution in [0.25, 0.3) is 0 Å². The minimum Gasteiger partial charge on any atom is -0.487 e. The minimum absolute atomic E-state index is 0.101. The molecule has 0 bridgehead atoms. The van der Waals surface area contributed by atoms with Crippen LogP contribution in [0.4, 0.5) is 0 Å². The van der Waals surface area contributed by atoms with E-state index in [0.29, 0.717) is 6.61 Å². The second kappa shape index (κ2) is 6.20. The smallest absolute Gasteiger partial charge is 0.137 e. The van der Waals surface area contributed by atoms with Gasteiger partial charge in [-0.1, -0.05) is 30.3 Å². The van der Waals surface area contributed by atoms with E-state index < -0.39 is 0 Å². The van der Waals surface area contributed by atoms with Gasteiger partial charge in [-0.05, 0) is 73.2 Å². The van der Waals surface area contributed by atoms with E-state index in [0.717, 1.165) is 34.4 Å². The van der Waals surface area contributed by atoms with Crippen LogP contribution in [0.3, 0.4) is 0 Å². The average Bonchev–Trinajstić information content (AvgIpc) is 2.53. The van der Waals surface area contributed by atoms with Crippen molar-refractivity contribution in [3.8, 4) is 11.5 Å². The third-order valence-corrected chi connectivity index (χ3v) is 5.40. The molecule has 2 aromatic carbocycles. The fraction of sp³-hybridized carbons (Fsp3) is 0.400. The Morgan fingerprint density at radius 2 is 1.83 bits per heavy atom. The quantitative estimate of drug-likeness (QED) is 0.680. The number of benzene rings is 2. The van der Waals surface area contributed by atoms with E-state index >= 15 is 0 Å². The van der Waals surface area contributed by atoms with E-state index in [2.05, 4.69) is 55.8 Å². The Balaban J connectivity index is 1.95. The second-order valence-corrected chi connectivity index (χ2v) is 7.63. The zero-order valence-corrected chi connectivity index (χ0v) is 15.8. The number of ether oxygens (including phenoxy) is 2. The van der Waals surface area contributed by atoms with Crippen LogP contribution in [0.2, 0.25) is 0 Å². The second-order valence-electron chi connectivity index (χ2n) is 6.84. The standard InChI is InChI=1S/C20H23BrO2/c1-13-14(2)19(22-12-15-8-6-5-7-9-15)17(21)16-10-11-20(3,4)23-18(13)16/h5-9H,10-12H2,1-4H3. The summed E-state index contributed by atoms with van der Waals surface area (Å²) in [6, 6.07) is 10.3. The summed E-state index contributed by atoms with van der Waals surface area (Å²) in [6.07, 6.45) is 2.02. The molecule has 2 nitrogen and oxygen atoms in total. The highest BCUT2D eigenvalue weighted by Crippen LogP contribution is 2.46. The van der Waals surface area contributed by atoms with Crippen molar-refractivity contribution in [3.05, 3.63) is 57.1 Å². The molecular weight excluding hydrogens is 352 g/mol. The zero-order valence-electron chi connectivity index (χ0n) is 14.2. The van der Waals surface area contributed by atoms with Crippen molar-refractivity contribution in [2.45, 2.75) is 52.7 Å². The average molecular weight is 375 g/mol. The molecule has 0 N–H and O–H groups in total. The van der Waals surface area contributed by atoms with Crippen molar-refractivity contribution in [1.29, 1.82) is 0 Å². The van der Waals surface area contributed by atoms with Gasteiger partial charge in [0.15, 0.2) is 0 Å². The van der Waals surface area contributed by atoms with Gasteiger partial charge in [-0.2, -0.15) is 0 Å². The fourth-order valence-electron chi connectivity index (χ4n) is 2.98. The van der Waals surface area contributed by atoms with Crippen molar-refractivity contribution in [2.75, 3.05) is 0 Å². The Morgan fingerprint density at radius 1 is 1.13 bits per heavy atom. The van der Waals surface area contributed by atoms with Gasteiger partial charge in [0, 0.05) is 5.56 Å². The number of rotatable bonds is 3. The molecule has 0 fully saturated rings. The van der Waals surface area contributed by atoms with Crippen molar-refractivity contribution < 1.29 is 9.47 Å². The van der Waals surface area contributed by atoms with Gasteiger partial charge in [-0.15, -0.1) is 0 Å². The van der Waals surface area contributed by atoms with Gasteiger partial charge < -0.3 is 9.47 Å². The zero-order chi connectivity index (χ0) is 16.6. The lowest BCUT2D eigenvalue weighted by atomic mass is 9.91. The van der Waals surface area contributed by atoms with Gasteiger partial charge in [-0.3, -0.25) is 0 Å². The van der Waals surface area contributed by atoms with Crippen LogP contribution in [-0.2, 0) is 13.0 Å². The van der Waals surface area contributed by atoms with E-state index in [9.17, 15) is 0 Å². The molecule has 0 unspecified atom stereocenters. The molecule has 23 heavy (non-hydrogen) atoms. The molecule has 0 aliphatic carbocycles. The molecule has 0 saturated heterocycles. The van der Waals surface area contributed by atoms with Crippen molar-refractivity contribution in [3.63, 3.8) is 0 Å². The molecular formula is C20H23BrO2.